The van der Waals surface area contributed by atoms with E-state index in [1.54, 1.807) is 7.11 Å². The Hall–Kier alpha value is -2.80. The van der Waals surface area contributed by atoms with Crippen LogP contribution < -0.4 is 10.1 Å². The van der Waals surface area contributed by atoms with Crippen LogP contribution in [-0.2, 0) is 4.79 Å². The summed E-state index contributed by atoms with van der Waals surface area (Å²) in [5.74, 6) is 1.51. The Labute approximate surface area is 163 Å². The van der Waals surface area contributed by atoms with Gasteiger partial charge in [0.15, 0.2) is 5.16 Å². The summed E-state index contributed by atoms with van der Waals surface area (Å²) in [5.41, 5.74) is 3.97. The molecule has 1 N–H and O–H groups in total. The normalized spacial score (nSPS) is 10.7. The molecule has 2 aromatic carbocycles. The Morgan fingerprint density at radius 1 is 1.15 bits per heavy atom. The van der Waals surface area contributed by atoms with Crippen molar-refractivity contribution in [1.29, 1.82) is 0 Å². The third-order valence-electron chi connectivity index (χ3n) is 4.11. The van der Waals surface area contributed by atoms with Crippen LogP contribution >= 0.6 is 11.8 Å². The number of ether oxygens (including phenoxy) is 1. The minimum atomic E-state index is -0.127. The molecule has 3 rings (SSSR count). The number of carbonyl (C=O) groups excluding carboxylic acids is 1. The van der Waals surface area contributed by atoms with Crippen molar-refractivity contribution in [2.24, 2.45) is 0 Å². The number of rotatable bonds is 6. The predicted molar refractivity (Wildman–Crippen MR) is 108 cm³/mol. The topological polar surface area (TPSA) is 69.0 Å². The Kier molecular flexibility index (Phi) is 5.81. The number of hydrogen-bond donors (Lipinski definition) is 1. The molecule has 0 unspecified atom stereocenters. The molecule has 0 radical (unpaired) electrons. The standard InChI is InChI=1S/C20H22N4O2S/c1-13-9-10-14(2)17(11-13)24-15(3)22-23-20(24)27-12-19(25)21-16-7-5-6-8-18(16)26-4/h5-11H,12H2,1-4H3,(H,21,25). The lowest BCUT2D eigenvalue weighted by atomic mass is 10.1. The molecular formula is C20H22N4O2S. The first-order valence-corrected chi connectivity index (χ1v) is 9.53. The second-order valence-electron chi connectivity index (χ2n) is 6.19. The average molecular weight is 382 g/mol. The first kappa shape index (κ1) is 19.0. The summed E-state index contributed by atoms with van der Waals surface area (Å²) in [7, 11) is 1.58. The highest BCUT2D eigenvalue weighted by Gasteiger charge is 2.15. The zero-order valence-corrected chi connectivity index (χ0v) is 16.6. The molecule has 0 saturated carbocycles. The minimum absolute atomic E-state index is 0.127. The van der Waals surface area contributed by atoms with Gasteiger partial charge < -0.3 is 10.1 Å². The molecule has 27 heavy (non-hydrogen) atoms. The Bertz CT molecular complexity index is 968. The van der Waals surface area contributed by atoms with Crippen LogP contribution in [0.25, 0.3) is 5.69 Å². The van der Waals surface area contributed by atoms with Crippen molar-refractivity contribution in [3.8, 4) is 11.4 Å². The summed E-state index contributed by atoms with van der Waals surface area (Å²) in [5, 5.41) is 12.0. The number of para-hydroxylation sites is 2. The van der Waals surface area contributed by atoms with Gasteiger partial charge in [-0.2, -0.15) is 0 Å². The Balaban J connectivity index is 1.76. The van der Waals surface area contributed by atoms with Crippen molar-refractivity contribution in [3.05, 3.63) is 59.4 Å². The van der Waals surface area contributed by atoms with Crippen LogP contribution in [0, 0.1) is 20.8 Å². The van der Waals surface area contributed by atoms with Gasteiger partial charge in [-0.25, -0.2) is 0 Å². The number of anilines is 1. The van der Waals surface area contributed by atoms with E-state index in [1.807, 2.05) is 35.8 Å². The molecule has 0 atom stereocenters. The molecule has 0 aliphatic rings. The number of benzene rings is 2. The van der Waals surface area contributed by atoms with E-state index in [0.717, 1.165) is 22.6 Å². The number of nitrogens with zero attached hydrogens (tertiary/aromatic N) is 3. The number of hydrogen-bond acceptors (Lipinski definition) is 5. The van der Waals surface area contributed by atoms with Gasteiger partial charge in [0.1, 0.15) is 11.6 Å². The van der Waals surface area contributed by atoms with Crippen LogP contribution in [0.4, 0.5) is 5.69 Å². The van der Waals surface area contributed by atoms with Crippen molar-refractivity contribution in [2.45, 2.75) is 25.9 Å². The Morgan fingerprint density at radius 3 is 2.70 bits per heavy atom. The largest absolute Gasteiger partial charge is 0.495 e. The molecule has 0 spiro atoms. The fourth-order valence-electron chi connectivity index (χ4n) is 2.74. The van der Waals surface area contributed by atoms with E-state index in [2.05, 4.69) is 47.6 Å². The molecule has 0 saturated heterocycles. The monoisotopic (exact) mass is 382 g/mol. The van der Waals surface area contributed by atoms with Gasteiger partial charge >= 0.3 is 0 Å². The maximum absolute atomic E-state index is 12.4. The van der Waals surface area contributed by atoms with Gasteiger partial charge in [0, 0.05) is 0 Å². The molecule has 0 aliphatic heterocycles. The van der Waals surface area contributed by atoms with Gasteiger partial charge in [-0.1, -0.05) is 36.0 Å². The lowest BCUT2D eigenvalue weighted by Crippen LogP contribution is -2.15. The van der Waals surface area contributed by atoms with Crippen molar-refractivity contribution in [3.63, 3.8) is 0 Å². The molecule has 6 nitrogen and oxygen atoms in total. The second kappa shape index (κ2) is 8.26. The highest BCUT2D eigenvalue weighted by Crippen LogP contribution is 2.26. The summed E-state index contributed by atoms with van der Waals surface area (Å²) in [6.07, 6.45) is 0. The molecule has 0 fully saturated rings. The molecule has 0 aliphatic carbocycles. The minimum Gasteiger partial charge on any atom is -0.495 e. The van der Waals surface area contributed by atoms with E-state index in [1.165, 1.54) is 11.8 Å². The van der Waals surface area contributed by atoms with Crippen molar-refractivity contribution < 1.29 is 9.53 Å². The number of methoxy groups -OCH3 is 1. The fourth-order valence-corrected chi connectivity index (χ4v) is 3.53. The smallest absolute Gasteiger partial charge is 0.234 e. The summed E-state index contributed by atoms with van der Waals surface area (Å²) in [6, 6.07) is 13.6. The fraction of sp³-hybridized carbons (Fsp3) is 0.250. The van der Waals surface area contributed by atoms with E-state index in [-0.39, 0.29) is 11.7 Å². The van der Waals surface area contributed by atoms with E-state index >= 15 is 0 Å². The van der Waals surface area contributed by atoms with E-state index in [4.69, 9.17) is 4.74 Å². The third-order valence-corrected chi connectivity index (χ3v) is 5.04. The summed E-state index contributed by atoms with van der Waals surface area (Å²) in [4.78, 5) is 12.4. The summed E-state index contributed by atoms with van der Waals surface area (Å²) in [6.45, 7) is 6.01. The Morgan fingerprint density at radius 2 is 1.93 bits per heavy atom. The van der Waals surface area contributed by atoms with Gasteiger partial charge in [-0.05, 0) is 50.1 Å². The number of carbonyl (C=O) groups is 1. The number of amides is 1. The summed E-state index contributed by atoms with van der Waals surface area (Å²) >= 11 is 1.35. The lowest BCUT2D eigenvalue weighted by Gasteiger charge is -2.12. The van der Waals surface area contributed by atoms with Crippen molar-refractivity contribution >= 4 is 23.4 Å². The van der Waals surface area contributed by atoms with E-state index in [9.17, 15) is 4.79 Å². The van der Waals surface area contributed by atoms with Gasteiger partial charge in [0.2, 0.25) is 5.91 Å². The highest BCUT2D eigenvalue weighted by molar-refractivity contribution is 7.99. The molecule has 140 valence electrons. The van der Waals surface area contributed by atoms with Crippen LogP contribution in [0.3, 0.4) is 0 Å². The van der Waals surface area contributed by atoms with Gasteiger partial charge in [0.25, 0.3) is 0 Å². The summed E-state index contributed by atoms with van der Waals surface area (Å²) < 4.78 is 7.26. The zero-order chi connectivity index (χ0) is 19.4. The van der Waals surface area contributed by atoms with Crippen molar-refractivity contribution in [1.82, 2.24) is 14.8 Å². The maximum atomic E-state index is 12.4. The van der Waals surface area contributed by atoms with Crippen LogP contribution in [0.2, 0.25) is 0 Å². The lowest BCUT2D eigenvalue weighted by molar-refractivity contribution is -0.113. The molecule has 1 aromatic heterocycles. The first-order chi connectivity index (χ1) is 13.0. The predicted octanol–water partition coefficient (Wildman–Crippen LogP) is 3.93. The quantitative estimate of drug-likeness (QED) is 0.654. The molecule has 1 amide bonds. The van der Waals surface area contributed by atoms with Crippen LogP contribution in [-0.4, -0.2) is 33.5 Å². The molecule has 1 heterocycles. The number of aromatic nitrogens is 3. The molecule has 3 aromatic rings. The van der Waals surface area contributed by atoms with Crippen LogP contribution in [0.5, 0.6) is 5.75 Å². The van der Waals surface area contributed by atoms with Gasteiger partial charge in [-0.3, -0.25) is 9.36 Å². The molecule has 0 bridgehead atoms. The maximum Gasteiger partial charge on any atom is 0.234 e. The second-order valence-corrected chi connectivity index (χ2v) is 7.13. The zero-order valence-electron chi connectivity index (χ0n) is 15.8. The van der Waals surface area contributed by atoms with Gasteiger partial charge in [-0.15, -0.1) is 10.2 Å². The van der Waals surface area contributed by atoms with E-state index < -0.39 is 0 Å². The first-order valence-electron chi connectivity index (χ1n) is 8.55. The molecular weight excluding hydrogens is 360 g/mol. The molecule has 7 heteroatoms. The van der Waals surface area contributed by atoms with Gasteiger partial charge in [0.05, 0.1) is 24.2 Å². The number of thioether (sulfide) groups is 1. The number of nitrogens with one attached hydrogen (secondary N) is 1. The van der Waals surface area contributed by atoms with E-state index in [0.29, 0.717) is 16.6 Å². The number of aryl methyl sites for hydroxylation is 3. The average Bonchev–Trinajstić information content (AvgIpc) is 3.03. The van der Waals surface area contributed by atoms with Crippen LogP contribution in [0.1, 0.15) is 17.0 Å². The third kappa shape index (κ3) is 4.31. The highest BCUT2D eigenvalue weighted by atomic mass is 32.2. The van der Waals surface area contributed by atoms with Crippen molar-refractivity contribution in [2.75, 3.05) is 18.2 Å². The SMILES string of the molecule is COc1ccccc1NC(=O)CSc1nnc(C)n1-c1cc(C)ccc1C. The van der Waals surface area contributed by atoms with Crippen LogP contribution in [0.15, 0.2) is 47.6 Å².